The molecular weight excluding hydrogens is 469 g/mol. The van der Waals surface area contributed by atoms with Crippen LogP contribution in [0.15, 0.2) is 23.2 Å². The third-order valence-electron chi connectivity index (χ3n) is 6.21. The maximum Gasteiger partial charge on any atom is 0.321 e. The number of nitrogens with one attached hydrogen (secondary N) is 1. The zero-order valence-electron chi connectivity index (χ0n) is 19.1. The molecule has 1 heterocycles. The number of aldehydes is 1. The van der Waals surface area contributed by atoms with E-state index in [0.717, 1.165) is 24.7 Å². The Morgan fingerprint density at radius 1 is 1.27 bits per heavy atom. The van der Waals surface area contributed by atoms with Gasteiger partial charge in [-0.05, 0) is 37.0 Å². The SMILES string of the molecule is COC(=O)[C@@H]1CC[C@H](NC2=NC(N(C)C(=O)N(C)Cc3ccc(Cl)c(Cl)c3)C(C=O)N2C)C1. The van der Waals surface area contributed by atoms with Crippen LogP contribution in [0.2, 0.25) is 10.0 Å². The van der Waals surface area contributed by atoms with Crippen molar-refractivity contribution in [3.05, 3.63) is 33.8 Å². The van der Waals surface area contributed by atoms with Crippen molar-refractivity contribution in [2.24, 2.45) is 10.9 Å². The van der Waals surface area contributed by atoms with Crippen LogP contribution in [0.5, 0.6) is 0 Å². The number of halogens is 2. The summed E-state index contributed by atoms with van der Waals surface area (Å²) in [6.45, 7) is 0.320. The smallest absolute Gasteiger partial charge is 0.321 e. The van der Waals surface area contributed by atoms with Gasteiger partial charge in [0.15, 0.2) is 12.1 Å². The van der Waals surface area contributed by atoms with Gasteiger partial charge in [-0.2, -0.15) is 0 Å². The molecule has 2 unspecified atom stereocenters. The lowest BCUT2D eigenvalue weighted by Crippen LogP contribution is -2.51. The summed E-state index contributed by atoms with van der Waals surface area (Å²) in [6.07, 6.45) is 2.27. The molecule has 0 spiro atoms. The minimum atomic E-state index is -0.684. The van der Waals surface area contributed by atoms with Crippen molar-refractivity contribution in [2.75, 3.05) is 28.3 Å². The van der Waals surface area contributed by atoms with Crippen LogP contribution in [0.4, 0.5) is 4.79 Å². The van der Waals surface area contributed by atoms with Crippen LogP contribution in [-0.2, 0) is 20.9 Å². The van der Waals surface area contributed by atoms with Crippen LogP contribution in [0.25, 0.3) is 0 Å². The summed E-state index contributed by atoms with van der Waals surface area (Å²) in [5, 5.41) is 4.20. The molecule has 1 saturated carbocycles. The summed E-state index contributed by atoms with van der Waals surface area (Å²) >= 11 is 12.0. The number of hydrogen-bond donors (Lipinski definition) is 1. The number of esters is 1. The Morgan fingerprint density at radius 3 is 2.64 bits per heavy atom. The van der Waals surface area contributed by atoms with Crippen LogP contribution in [0, 0.1) is 5.92 Å². The Labute approximate surface area is 203 Å². The molecule has 1 aliphatic heterocycles. The average Bonchev–Trinajstić information content (AvgIpc) is 3.39. The van der Waals surface area contributed by atoms with Gasteiger partial charge >= 0.3 is 12.0 Å². The van der Waals surface area contributed by atoms with Gasteiger partial charge in [-0.25, -0.2) is 9.79 Å². The van der Waals surface area contributed by atoms with Gasteiger partial charge in [-0.15, -0.1) is 0 Å². The Kier molecular flexibility index (Phi) is 8.07. The first kappa shape index (κ1) is 25.1. The number of aliphatic imine (C=N–C) groups is 1. The number of hydrogen-bond acceptors (Lipinski definition) is 7. The van der Waals surface area contributed by atoms with E-state index in [1.807, 2.05) is 0 Å². The first-order valence-corrected chi connectivity index (χ1v) is 11.4. The summed E-state index contributed by atoms with van der Waals surface area (Å²) in [6, 6.07) is 4.33. The summed E-state index contributed by atoms with van der Waals surface area (Å²) in [5.41, 5.74) is 0.830. The number of urea groups is 1. The average molecular weight is 498 g/mol. The van der Waals surface area contributed by atoms with Crippen LogP contribution in [0.1, 0.15) is 24.8 Å². The Hall–Kier alpha value is -2.52. The molecule has 9 nitrogen and oxygen atoms in total. The fourth-order valence-corrected chi connectivity index (χ4v) is 4.61. The molecule has 33 heavy (non-hydrogen) atoms. The highest BCUT2D eigenvalue weighted by Crippen LogP contribution is 2.28. The van der Waals surface area contributed by atoms with Crippen molar-refractivity contribution < 1.29 is 19.1 Å². The van der Waals surface area contributed by atoms with Gasteiger partial charge in [0.1, 0.15) is 12.3 Å². The molecule has 0 radical (unpaired) electrons. The van der Waals surface area contributed by atoms with Crippen molar-refractivity contribution in [3.63, 3.8) is 0 Å². The van der Waals surface area contributed by atoms with Gasteiger partial charge in [0.05, 0.1) is 23.1 Å². The van der Waals surface area contributed by atoms with E-state index in [0.29, 0.717) is 29.0 Å². The quantitative estimate of drug-likeness (QED) is 0.479. The highest BCUT2D eigenvalue weighted by molar-refractivity contribution is 6.42. The van der Waals surface area contributed by atoms with Gasteiger partial charge in [0.2, 0.25) is 0 Å². The van der Waals surface area contributed by atoms with Crippen LogP contribution in [0.3, 0.4) is 0 Å². The number of nitrogens with zero attached hydrogens (tertiary/aromatic N) is 4. The number of carbonyl (C=O) groups is 3. The Balaban J connectivity index is 1.67. The standard InChI is InChI=1S/C22H29Cl2N5O4/c1-27(11-13-5-8-16(23)17(24)9-13)22(32)29(3)19-18(12-30)28(2)21(26-19)25-15-7-6-14(10-15)20(31)33-4/h5,8-9,12,14-15,18-19H,6-7,10-11H2,1-4H3,(H,25,26)/t14-,15+,18?,19?/m1/s1. The third-order valence-corrected chi connectivity index (χ3v) is 6.95. The molecule has 1 fully saturated rings. The lowest BCUT2D eigenvalue weighted by atomic mass is 10.1. The van der Waals surface area contributed by atoms with E-state index in [1.54, 1.807) is 44.2 Å². The second kappa shape index (κ2) is 10.6. The first-order valence-electron chi connectivity index (χ1n) is 10.7. The predicted molar refractivity (Wildman–Crippen MR) is 126 cm³/mol. The fourth-order valence-electron chi connectivity index (χ4n) is 4.29. The number of amides is 2. The molecule has 1 aliphatic carbocycles. The van der Waals surface area contributed by atoms with Crippen molar-refractivity contribution in [2.45, 2.75) is 44.1 Å². The molecular formula is C22H29Cl2N5O4. The number of carbonyl (C=O) groups excluding carboxylic acids is 3. The predicted octanol–water partition coefficient (Wildman–Crippen LogP) is 2.60. The van der Waals surface area contributed by atoms with Crippen molar-refractivity contribution in [1.82, 2.24) is 20.0 Å². The number of benzene rings is 1. The zero-order chi connectivity index (χ0) is 24.3. The van der Waals surface area contributed by atoms with Crippen molar-refractivity contribution in [1.29, 1.82) is 0 Å². The van der Waals surface area contributed by atoms with E-state index in [9.17, 15) is 14.4 Å². The summed E-state index contributed by atoms with van der Waals surface area (Å²) in [5.74, 6) is 0.177. The first-order chi connectivity index (χ1) is 15.7. The minimum Gasteiger partial charge on any atom is -0.469 e. The maximum absolute atomic E-state index is 13.1. The van der Waals surface area contributed by atoms with Crippen molar-refractivity contribution in [3.8, 4) is 0 Å². The largest absolute Gasteiger partial charge is 0.469 e. The monoisotopic (exact) mass is 497 g/mol. The molecule has 2 aliphatic rings. The molecule has 0 bridgehead atoms. The summed E-state index contributed by atoms with van der Waals surface area (Å²) in [7, 11) is 6.44. The number of guanidine groups is 1. The molecule has 180 valence electrons. The van der Waals surface area contributed by atoms with E-state index >= 15 is 0 Å². The lowest BCUT2D eigenvalue weighted by Gasteiger charge is -2.31. The molecule has 2 amide bonds. The molecule has 0 aromatic heterocycles. The van der Waals surface area contributed by atoms with Crippen LogP contribution < -0.4 is 5.32 Å². The topological polar surface area (TPSA) is 94.5 Å². The fraction of sp³-hybridized carbons (Fsp3) is 0.545. The van der Waals surface area contributed by atoms with E-state index in [4.69, 9.17) is 27.9 Å². The molecule has 4 atom stereocenters. The van der Waals surface area contributed by atoms with E-state index in [1.165, 1.54) is 16.9 Å². The number of ether oxygens (including phenoxy) is 1. The maximum atomic E-state index is 13.1. The van der Waals surface area contributed by atoms with Crippen LogP contribution in [-0.4, -0.2) is 85.4 Å². The molecule has 1 N–H and O–H groups in total. The van der Waals surface area contributed by atoms with E-state index < -0.39 is 12.2 Å². The van der Waals surface area contributed by atoms with Gasteiger partial charge in [-0.3, -0.25) is 4.79 Å². The van der Waals surface area contributed by atoms with Gasteiger partial charge in [0, 0.05) is 33.7 Å². The van der Waals surface area contributed by atoms with Crippen molar-refractivity contribution >= 4 is 47.4 Å². The zero-order valence-corrected chi connectivity index (χ0v) is 20.6. The van der Waals surface area contributed by atoms with E-state index in [2.05, 4.69) is 10.3 Å². The number of likely N-dealkylation sites (N-methyl/N-ethyl adjacent to an activating group) is 2. The van der Waals surface area contributed by atoms with E-state index in [-0.39, 0.29) is 24.0 Å². The highest BCUT2D eigenvalue weighted by Gasteiger charge is 2.40. The molecule has 3 rings (SSSR count). The highest BCUT2D eigenvalue weighted by atomic mass is 35.5. The Bertz CT molecular complexity index is 943. The normalized spacial score (nSPS) is 24.3. The molecule has 11 heteroatoms. The molecule has 0 saturated heterocycles. The third kappa shape index (κ3) is 5.52. The minimum absolute atomic E-state index is 0.0414. The lowest BCUT2D eigenvalue weighted by molar-refractivity contribution is -0.145. The Morgan fingerprint density at radius 2 is 2.00 bits per heavy atom. The second-order valence-electron chi connectivity index (χ2n) is 8.48. The summed E-state index contributed by atoms with van der Waals surface area (Å²) in [4.78, 5) is 46.1. The van der Waals surface area contributed by atoms with Crippen LogP contribution >= 0.6 is 23.2 Å². The van der Waals surface area contributed by atoms with Gasteiger partial charge < -0.3 is 29.5 Å². The second-order valence-corrected chi connectivity index (χ2v) is 9.29. The summed E-state index contributed by atoms with van der Waals surface area (Å²) < 4.78 is 4.84. The molecule has 1 aromatic rings. The van der Waals surface area contributed by atoms with Gasteiger partial charge in [0.25, 0.3) is 0 Å². The number of rotatable bonds is 6. The van der Waals surface area contributed by atoms with Gasteiger partial charge in [-0.1, -0.05) is 29.3 Å². The number of methoxy groups -OCH3 is 1. The molecule has 1 aromatic carbocycles.